The van der Waals surface area contributed by atoms with Crippen LogP contribution in [0.5, 0.6) is 11.5 Å². The number of nitrogens with one attached hydrogen (secondary N) is 1. The molecule has 1 saturated heterocycles. The van der Waals surface area contributed by atoms with Gasteiger partial charge in [0, 0.05) is 4.47 Å². The Balaban J connectivity index is 1.65. The molecule has 0 spiro atoms. The maximum Gasteiger partial charge on any atom is 0.335 e. The van der Waals surface area contributed by atoms with Crippen LogP contribution in [0.2, 0.25) is 5.02 Å². The van der Waals surface area contributed by atoms with Gasteiger partial charge in [-0.1, -0.05) is 57.4 Å². The molecular formula is C27H22BrClN2O5. The molecule has 3 aromatic rings. The van der Waals surface area contributed by atoms with E-state index in [9.17, 15) is 14.4 Å². The number of barbiturate groups is 1. The molecule has 4 rings (SSSR count). The van der Waals surface area contributed by atoms with E-state index in [1.807, 2.05) is 38.1 Å². The van der Waals surface area contributed by atoms with E-state index in [0.717, 1.165) is 20.5 Å². The second-order valence-electron chi connectivity index (χ2n) is 7.97. The number of urea groups is 1. The summed E-state index contributed by atoms with van der Waals surface area (Å²) >= 11 is 9.93. The van der Waals surface area contributed by atoms with Crippen molar-refractivity contribution >= 4 is 57.1 Å². The molecule has 1 aliphatic rings. The predicted octanol–water partition coefficient (Wildman–Crippen LogP) is 6.06. The van der Waals surface area contributed by atoms with Crippen molar-refractivity contribution < 1.29 is 23.9 Å². The third kappa shape index (κ3) is 5.61. The Bertz CT molecular complexity index is 1350. The second-order valence-corrected chi connectivity index (χ2v) is 9.29. The number of hydrogen-bond acceptors (Lipinski definition) is 5. The van der Waals surface area contributed by atoms with Gasteiger partial charge in [0.1, 0.15) is 12.2 Å². The summed E-state index contributed by atoms with van der Waals surface area (Å²) in [6, 6.07) is 16.9. The highest BCUT2D eigenvalue weighted by atomic mass is 79.9. The molecule has 0 saturated carbocycles. The molecule has 1 aliphatic heterocycles. The van der Waals surface area contributed by atoms with E-state index in [1.54, 1.807) is 36.4 Å². The highest BCUT2D eigenvalue weighted by molar-refractivity contribution is 9.10. The van der Waals surface area contributed by atoms with Crippen LogP contribution in [-0.2, 0) is 16.2 Å². The fraction of sp³-hybridized carbons (Fsp3) is 0.148. The summed E-state index contributed by atoms with van der Waals surface area (Å²) in [5.74, 6) is -0.821. The number of imide groups is 2. The van der Waals surface area contributed by atoms with Crippen LogP contribution in [0.3, 0.4) is 0 Å². The molecule has 1 fully saturated rings. The lowest BCUT2D eigenvalue weighted by atomic mass is 10.1. The fourth-order valence-corrected chi connectivity index (χ4v) is 4.10. The van der Waals surface area contributed by atoms with Crippen molar-refractivity contribution in [2.45, 2.75) is 20.5 Å². The minimum atomic E-state index is -0.810. The van der Waals surface area contributed by atoms with Gasteiger partial charge in [0.2, 0.25) is 0 Å². The van der Waals surface area contributed by atoms with Crippen molar-refractivity contribution in [2.24, 2.45) is 0 Å². The number of benzene rings is 3. The normalized spacial score (nSPS) is 14.7. The molecule has 7 nitrogen and oxygen atoms in total. The molecule has 0 atom stereocenters. The van der Waals surface area contributed by atoms with Crippen LogP contribution in [0, 0.1) is 6.92 Å². The molecule has 0 radical (unpaired) electrons. The van der Waals surface area contributed by atoms with Gasteiger partial charge >= 0.3 is 6.03 Å². The summed E-state index contributed by atoms with van der Waals surface area (Å²) in [7, 11) is 0. The van der Waals surface area contributed by atoms with Gasteiger partial charge in [-0.2, -0.15) is 0 Å². The zero-order valence-corrected chi connectivity index (χ0v) is 21.9. The number of ether oxygens (including phenoxy) is 2. The van der Waals surface area contributed by atoms with Gasteiger partial charge in [-0.05, 0) is 67.4 Å². The van der Waals surface area contributed by atoms with Crippen LogP contribution in [-0.4, -0.2) is 24.5 Å². The molecule has 4 amide bonds. The largest absolute Gasteiger partial charge is 0.490 e. The average molecular weight is 570 g/mol. The van der Waals surface area contributed by atoms with E-state index in [1.165, 1.54) is 6.08 Å². The molecule has 0 bridgehead atoms. The molecule has 9 heteroatoms. The van der Waals surface area contributed by atoms with Crippen LogP contribution < -0.4 is 19.7 Å². The molecule has 0 aromatic heterocycles. The summed E-state index contributed by atoms with van der Waals surface area (Å²) in [6.45, 7) is 4.32. The maximum absolute atomic E-state index is 13.2. The van der Waals surface area contributed by atoms with E-state index < -0.39 is 17.8 Å². The molecule has 3 aromatic carbocycles. The van der Waals surface area contributed by atoms with Gasteiger partial charge in [0.05, 0.1) is 17.3 Å². The van der Waals surface area contributed by atoms with E-state index in [2.05, 4.69) is 21.2 Å². The molecule has 0 unspecified atom stereocenters. The number of carbonyl (C=O) groups excluding carboxylic acids is 3. The Kier molecular flexibility index (Phi) is 7.76. The molecule has 1 heterocycles. The van der Waals surface area contributed by atoms with Crippen LogP contribution in [0.4, 0.5) is 10.5 Å². The summed E-state index contributed by atoms with van der Waals surface area (Å²) in [5, 5.41) is 2.47. The first-order chi connectivity index (χ1) is 17.3. The summed E-state index contributed by atoms with van der Waals surface area (Å²) in [4.78, 5) is 39.1. The maximum atomic E-state index is 13.2. The Morgan fingerprint density at radius 2 is 1.69 bits per heavy atom. The minimum Gasteiger partial charge on any atom is -0.490 e. The van der Waals surface area contributed by atoms with Gasteiger partial charge in [0.25, 0.3) is 11.8 Å². The van der Waals surface area contributed by atoms with Crippen LogP contribution in [0.1, 0.15) is 23.6 Å². The van der Waals surface area contributed by atoms with Gasteiger partial charge in [-0.15, -0.1) is 0 Å². The van der Waals surface area contributed by atoms with Crippen molar-refractivity contribution in [3.05, 3.63) is 92.4 Å². The minimum absolute atomic E-state index is 0.211. The number of aryl methyl sites for hydroxylation is 1. The summed E-state index contributed by atoms with van der Waals surface area (Å²) < 4.78 is 12.6. The number of halogens is 2. The van der Waals surface area contributed by atoms with Crippen LogP contribution in [0.15, 0.2) is 70.7 Å². The number of nitrogens with zero attached hydrogens (tertiary/aromatic N) is 1. The lowest BCUT2D eigenvalue weighted by Crippen LogP contribution is -2.54. The second kappa shape index (κ2) is 11.0. The van der Waals surface area contributed by atoms with Gasteiger partial charge in [-0.25, -0.2) is 9.69 Å². The highest BCUT2D eigenvalue weighted by Crippen LogP contribution is 2.38. The first kappa shape index (κ1) is 25.5. The third-order valence-corrected chi connectivity index (χ3v) is 6.14. The zero-order chi connectivity index (χ0) is 25.8. The van der Waals surface area contributed by atoms with Crippen molar-refractivity contribution in [1.29, 1.82) is 0 Å². The zero-order valence-electron chi connectivity index (χ0n) is 19.5. The van der Waals surface area contributed by atoms with E-state index in [4.69, 9.17) is 21.1 Å². The third-order valence-electron chi connectivity index (χ3n) is 5.33. The molecule has 36 heavy (non-hydrogen) atoms. The fourth-order valence-electron chi connectivity index (χ4n) is 3.56. The van der Waals surface area contributed by atoms with Crippen molar-refractivity contribution in [3.63, 3.8) is 0 Å². The van der Waals surface area contributed by atoms with E-state index in [0.29, 0.717) is 29.4 Å². The van der Waals surface area contributed by atoms with Crippen LogP contribution >= 0.6 is 27.5 Å². The molecule has 184 valence electrons. The lowest BCUT2D eigenvalue weighted by molar-refractivity contribution is -0.122. The van der Waals surface area contributed by atoms with Gasteiger partial charge in [0.15, 0.2) is 11.5 Å². The Morgan fingerprint density at radius 1 is 1.00 bits per heavy atom. The summed E-state index contributed by atoms with van der Waals surface area (Å²) in [5.41, 5.74) is 2.49. The van der Waals surface area contributed by atoms with E-state index >= 15 is 0 Å². The average Bonchev–Trinajstić information content (AvgIpc) is 2.83. The molecule has 1 N–H and O–H groups in total. The van der Waals surface area contributed by atoms with Gasteiger partial charge in [-0.3, -0.25) is 14.9 Å². The van der Waals surface area contributed by atoms with E-state index in [-0.39, 0.29) is 17.2 Å². The number of hydrogen-bond donors (Lipinski definition) is 1. The van der Waals surface area contributed by atoms with Gasteiger partial charge < -0.3 is 9.47 Å². The Labute approximate surface area is 221 Å². The number of anilines is 1. The predicted molar refractivity (Wildman–Crippen MR) is 141 cm³/mol. The SMILES string of the molecule is CCOc1cc(/C=C2\C(=O)NC(=O)N(c3ccc(C)cc3)C2=O)cc(Cl)c1OCc1ccc(Br)cc1. The molecule has 0 aliphatic carbocycles. The van der Waals surface area contributed by atoms with Crippen molar-refractivity contribution in [3.8, 4) is 11.5 Å². The number of carbonyl (C=O) groups is 3. The molecular weight excluding hydrogens is 548 g/mol. The first-order valence-corrected chi connectivity index (χ1v) is 12.3. The van der Waals surface area contributed by atoms with Crippen LogP contribution in [0.25, 0.3) is 6.08 Å². The first-order valence-electron chi connectivity index (χ1n) is 11.1. The monoisotopic (exact) mass is 568 g/mol. The van der Waals surface area contributed by atoms with Crippen molar-refractivity contribution in [2.75, 3.05) is 11.5 Å². The Morgan fingerprint density at radius 3 is 2.36 bits per heavy atom. The van der Waals surface area contributed by atoms with Crippen molar-refractivity contribution in [1.82, 2.24) is 5.32 Å². The lowest BCUT2D eigenvalue weighted by Gasteiger charge is -2.26. The smallest absolute Gasteiger partial charge is 0.335 e. The standard InChI is InChI=1S/C27H22BrClN2O5/c1-3-35-23-14-18(13-22(29)24(23)36-15-17-6-8-19(28)9-7-17)12-21-25(32)30-27(34)31(26(21)33)20-10-4-16(2)5-11-20/h4-14H,3,15H2,1-2H3,(H,30,32,34)/b21-12+. The number of rotatable bonds is 7. The quantitative estimate of drug-likeness (QED) is 0.276. The number of amides is 4. The summed E-state index contributed by atoms with van der Waals surface area (Å²) in [6.07, 6.45) is 1.37. The highest BCUT2D eigenvalue weighted by Gasteiger charge is 2.36. The topological polar surface area (TPSA) is 84.9 Å². The Hall–Kier alpha value is -3.62.